The van der Waals surface area contributed by atoms with Gasteiger partial charge in [-0.25, -0.2) is 0 Å². The summed E-state index contributed by atoms with van der Waals surface area (Å²) in [6.07, 6.45) is 1.73. The number of halogens is 1. The molecule has 3 aromatic rings. The third-order valence-electron chi connectivity index (χ3n) is 5.44. The highest BCUT2D eigenvalue weighted by molar-refractivity contribution is 6.30. The second-order valence-electron chi connectivity index (χ2n) is 7.46. The molecule has 1 aliphatic heterocycles. The van der Waals surface area contributed by atoms with Gasteiger partial charge in [-0.1, -0.05) is 41.9 Å². The Morgan fingerprint density at radius 3 is 2.74 bits per heavy atom. The van der Waals surface area contributed by atoms with Crippen LogP contribution in [-0.4, -0.2) is 41.2 Å². The highest BCUT2D eigenvalue weighted by Gasteiger charge is 2.42. The number of carbonyl (C=O) groups is 3. The van der Waals surface area contributed by atoms with Crippen molar-refractivity contribution < 1.29 is 14.4 Å². The van der Waals surface area contributed by atoms with Crippen molar-refractivity contribution in [1.82, 2.24) is 15.2 Å². The van der Waals surface area contributed by atoms with Gasteiger partial charge in [0.1, 0.15) is 0 Å². The highest BCUT2D eigenvalue weighted by Crippen LogP contribution is 2.37. The van der Waals surface area contributed by atoms with Gasteiger partial charge in [-0.15, -0.1) is 0 Å². The van der Waals surface area contributed by atoms with Crippen LogP contribution in [0.4, 0.5) is 5.69 Å². The van der Waals surface area contributed by atoms with E-state index in [1.807, 2.05) is 30.3 Å². The Morgan fingerprint density at radius 1 is 1.16 bits per heavy atom. The maximum Gasteiger partial charge on any atom is 0.243 e. The van der Waals surface area contributed by atoms with Gasteiger partial charge >= 0.3 is 0 Å². The van der Waals surface area contributed by atoms with Crippen molar-refractivity contribution in [2.45, 2.75) is 12.5 Å². The number of benzene rings is 2. The standard InChI is InChI=1S/C23H21ClN4O3/c1-28-20(30)12-17(22(28)15-6-2-8-16(24)11-15)23(31)26-13-19(29)27-18-9-3-5-14-7-4-10-25-21(14)18/h2-11,17,22H,12-13H2,1H3,(H,26,31)(H,27,29). The lowest BCUT2D eigenvalue weighted by Gasteiger charge is -2.25. The van der Waals surface area contributed by atoms with E-state index >= 15 is 0 Å². The van der Waals surface area contributed by atoms with E-state index in [4.69, 9.17) is 11.6 Å². The van der Waals surface area contributed by atoms with E-state index in [0.29, 0.717) is 16.2 Å². The Bertz CT molecular complexity index is 1160. The van der Waals surface area contributed by atoms with Crippen LogP contribution >= 0.6 is 11.6 Å². The van der Waals surface area contributed by atoms with Crippen molar-refractivity contribution in [1.29, 1.82) is 0 Å². The van der Waals surface area contributed by atoms with Crippen LogP contribution < -0.4 is 10.6 Å². The van der Waals surface area contributed by atoms with Gasteiger partial charge in [-0.2, -0.15) is 0 Å². The van der Waals surface area contributed by atoms with Crippen LogP contribution in [0.25, 0.3) is 10.9 Å². The van der Waals surface area contributed by atoms with E-state index in [2.05, 4.69) is 15.6 Å². The first kappa shape index (κ1) is 20.8. The Kier molecular flexibility index (Phi) is 5.86. The molecule has 1 aromatic heterocycles. The molecule has 4 rings (SSSR count). The topological polar surface area (TPSA) is 91.4 Å². The molecule has 0 bridgehead atoms. The van der Waals surface area contributed by atoms with Crippen LogP contribution in [0.15, 0.2) is 60.8 Å². The molecule has 31 heavy (non-hydrogen) atoms. The Labute approximate surface area is 184 Å². The molecule has 1 saturated heterocycles. The fraction of sp³-hybridized carbons (Fsp3) is 0.217. The molecule has 158 valence electrons. The van der Waals surface area contributed by atoms with Crippen molar-refractivity contribution in [2.24, 2.45) is 5.92 Å². The number of fused-ring (bicyclic) bond motifs is 1. The van der Waals surface area contributed by atoms with Crippen LogP contribution in [0.3, 0.4) is 0 Å². The van der Waals surface area contributed by atoms with E-state index in [1.54, 1.807) is 42.4 Å². The minimum Gasteiger partial charge on any atom is -0.347 e. The zero-order chi connectivity index (χ0) is 22.0. The van der Waals surface area contributed by atoms with Crippen LogP contribution in [0.5, 0.6) is 0 Å². The monoisotopic (exact) mass is 436 g/mol. The van der Waals surface area contributed by atoms with Crippen molar-refractivity contribution in [3.05, 3.63) is 71.4 Å². The Hall–Kier alpha value is -3.45. The molecule has 2 heterocycles. The molecule has 1 aliphatic rings. The van der Waals surface area contributed by atoms with Crippen LogP contribution in [-0.2, 0) is 14.4 Å². The lowest BCUT2D eigenvalue weighted by Crippen LogP contribution is -2.38. The molecule has 0 spiro atoms. The third-order valence-corrected chi connectivity index (χ3v) is 5.68. The van der Waals surface area contributed by atoms with Crippen molar-refractivity contribution in [2.75, 3.05) is 18.9 Å². The number of aromatic nitrogens is 1. The molecular weight excluding hydrogens is 416 g/mol. The van der Waals surface area contributed by atoms with Crippen LogP contribution in [0.2, 0.25) is 5.02 Å². The summed E-state index contributed by atoms with van der Waals surface area (Å²) in [5.41, 5.74) is 2.03. The second-order valence-corrected chi connectivity index (χ2v) is 7.90. The molecule has 8 heteroatoms. The number of amides is 3. The van der Waals surface area contributed by atoms with E-state index in [0.717, 1.165) is 10.9 Å². The Balaban J connectivity index is 1.43. The summed E-state index contributed by atoms with van der Waals surface area (Å²) in [5, 5.41) is 6.89. The second kappa shape index (κ2) is 8.73. The molecule has 3 amide bonds. The molecule has 0 radical (unpaired) electrons. The first-order valence-corrected chi connectivity index (χ1v) is 10.2. The fourth-order valence-electron chi connectivity index (χ4n) is 3.95. The maximum absolute atomic E-state index is 12.9. The van der Waals surface area contributed by atoms with E-state index in [-0.39, 0.29) is 30.7 Å². The van der Waals surface area contributed by atoms with Gasteiger partial charge in [0, 0.05) is 30.1 Å². The number of pyridine rings is 1. The summed E-state index contributed by atoms with van der Waals surface area (Å²) in [6, 6.07) is 15.9. The number of likely N-dealkylation sites (tertiary alicyclic amines) is 1. The molecular formula is C23H21ClN4O3. The van der Waals surface area contributed by atoms with Gasteiger partial charge in [0.25, 0.3) is 0 Å². The lowest BCUT2D eigenvalue weighted by atomic mass is 9.93. The summed E-state index contributed by atoms with van der Waals surface area (Å²) in [6.45, 7) is -0.210. The van der Waals surface area contributed by atoms with Crippen LogP contribution in [0.1, 0.15) is 18.0 Å². The number of hydrogen-bond acceptors (Lipinski definition) is 4. The van der Waals surface area contributed by atoms with Gasteiger partial charge < -0.3 is 15.5 Å². The van der Waals surface area contributed by atoms with E-state index in [1.165, 1.54) is 0 Å². The normalized spacial score (nSPS) is 18.3. The summed E-state index contributed by atoms with van der Waals surface area (Å²) in [4.78, 5) is 43.5. The molecule has 1 fully saturated rings. The van der Waals surface area contributed by atoms with E-state index in [9.17, 15) is 14.4 Å². The first-order chi connectivity index (χ1) is 14.9. The lowest BCUT2D eigenvalue weighted by molar-refractivity contribution is -0.128. The molecule has 2 atom stereocenters. The number of nitrogens with one attached hydrogen (secondary N) is 2. The number of para-hydroxylation sites is 1. The average molecular weight is 437 g/mol. The fourth-order valence-corrected chi connectivity index (χ4v) is 4.15. The van der Waals surface area contributed by atoms with Gasteiger partial charge in [0.05, 0.1) is 29.7 Å². The molecule has 2 aromatic carbocycles. The SMILES string of the molecule is CN1C(=O)CC(C(=O)NCC(=O)Nc2cccc3cccnc23)C1c1cccc(Cl)c1. The van der Waals surface area contributed by atoms with Crippen molar-refractivity contribution in [3.8, 4) is 0 Å². The molecule has 7 nitrogen and oxygen atoms in total. The predicted octanol–water partition coefficient (Wildman–Crippen LogP) is 3.16. The third kappa shape index (κ3) is 4.36. The average Bonchev–Trinajstić information content (AvgIpc) is 3.07. The number of nitrogens with zero attached hydrogens (tertiary/aromatic N) is 2. The maximum atomic E-state index is 12.9. The van der Waals surface area contributed by atoms with Crippen molar-refractivity contribution >= 4 is 45.9 Å². The molecule has 0 saturated carbocycles. The Morgan fingerprint density at radius 2 is 1.94 bits per heavy atom. The van der Waals surface area contributed by atoms with Gasteiger partial charge in [0.2, 0.25) is 17.7 Å². The van der Waals surface area contributed by atoms with Crippen molar-refractivity contribution in [3.63, 3.8) is 0 Å². The number of hydrogen-bond donors (Lipinski definition) is 2. The molecule has 2 N–H and O–H groups in total. The first-order valence-electron chi connectivity index (χ1n) is 9.86. The minimum atomic E-state index is -0.608. The highest BCUT2D eigenvalue weighted by atomic mass is 35.5. The van der Waals surface area contributed by atoms with Gasteiger partial charge in [-0.3, -0.25) is 19.4 Å². The summed E-state index contributed by atoms with van der Waals surface area (Å²) >= 11 is 6.09. The van der Waals surface area contributed by atoms with Gasteiger partial charge in [-0.05, 0) is 29.8 Å². The minimum absolute atomic E-state index is 0.0778. The quantitative estimate of drug-likeness (QED) is 0.642. The summed E-state index contributed by atoms with van der Waals surface area (Å²) in [7, 11) is 1.67. The van der Waals surface area contributed by atoms with Gasteiger partial charge in [0.15, 0.2) is 0 Å². The number of anilines is 1. The smallest absolute Gasteiger partial charge is 0.243 e. The molecule has 2 unspecified atom stereocenters. The zero-order valence-electron chi connectivity index (χ0n) is 16.8. The molecule has 0 aliphatic carbocycles. The number of rotatable bonds is 5. The number of carbonyl (C=O) groups excluding carboxylic acids is 3. The summed E-state index contributed by atoms with van der Waals surface area (Å²) < 4.78 is 0. The largest absolute Gasteiger partial charge is 0.347 e. The zero-order valence-corrected chi connectivity index (χ0v) is 17.6. The predicted molar refractivity (Wildman–Crippen MR) is 118 cm³/mol. The van der Waals surface area contributed by atoms with E-state index < -0.39 is 12.0 Å². The van der Waals surface area contributed by atoms with Crippen LogP contribution in [0, 0.1) is 5.92 Å². The summed E-state index contributed by atoms with van der Waals surface area (Å²) in [5.74, 6) is -1.46.